The zero-order chi connectivity index (χ0) is 16.8. The number of benzene rings is 2. The molecule has 4 nitrogen and oxygen atoms in total. The van der Waals surface area contributed by atoms with E-state index in [-0.39, 0.29) is 5.91 Å². The van der Waals surface area contributed by atoms with E-state index in [4.69, 9.17) is 4.74 Å². The molecule has 1 amide bonds. The van der Waals surface area contributed by atoms with Crippen LogP contribution in [-0.4, -0.2) is 17.5 Å². The fraction of sp³-hybridized carbons (Fsp3) is 0.263. The number of hydrogen-bond donors (Lipinski definition) is 1. The van der Waals surface area contributed by atoms with E-state index in [2.05, 4.69) is 22.4 Å². The van der Waals surface area contributed by atoms with Crippen molar-refractivity contribution in [3.8, 4) is 5.75 Å². The van der Waals surface area contributed by atoms with E-state index in [1.54, 1.807) is 0 Å². The van der Waals surface area contributed by atoms with E-state index >= 15 is 0 Å². The van der Waals surface area contributed by atoms with Gasteiger partial charge in [0.2, 0.25) is 5.91 Å². The lowest BCUT2D eigenvalue weighted by atomic mass is 10.1. The summed E-state index contributed by atoms with van der Waals surface area (Å²) in [5.74, 6) is 0.837. The molecule has 1 aromatic heterocycles. The second-order valence-electron chi connectivity index (χ2n) is 5.47. The van der Waals surface area contributed by atoms with Gasteiger partial charge in [-0.25, -0.2) is 4.98 Å². The van der Waals surface area contributed by atoms with Crippen LogP contribution in [0.5, 0.6) is 5.75 Å². The molecule has 3 rings (SSSR count). The van der Waals surface area contributed by atoms with Crippen LogP contribution in [0.4, 0.5) is 5.13 Å². The molecule has 0 spiro atoms. The number of thiazole rings is 1. The highest BCUT2D eigenvalue weighted by molar-refractivity contribution is 7.22. The van der Waals surface area contributed by atoms with E-state index in [1.807, 2.05) is 43.3 Å². The Morgan fingerprint density at radius 1 is 1.21 bits per heavy atom. The second-order valence-corrected chi connectivity index (χ2v) is 6.50. The summed E-state index contributed by atoms with van der Waals surface area (Å²) in [6.45, 7) is 2.59. The number of nitrogens with zero attached hydrogens (tertiary/aromatic N) is 1. The number of carbonyl (C=O) groups excluding carboxylic acids is 1. The topological polar surface area (TPSA) is 51.2 Å². The Labute approximate surface area is 145 Å². The Balaban J connectivity index is 1.55. The fourth-order valence-electron chi connectivity index (χ4n) is 2.49. The summed E-state index contributed by atoms with van der Waals surface area (Å²) in [6.07, 6.45) is 2.23. The summed E-state index contributed by atoms with van der Waals surface area (Å²) in [5.41, 5.74) is 2.14. The van der Waals surface area contributed by atoms with Crippen molar-refractivity contribution >= 4 is 32.6 Å². The first-order valence-corrected chi connectivity index (χ1v) is 8.93. The zero-order valence-corrected chi connectivity index (χ0v) is 14.4. The number of aryl methyl sites for hydroxylation is 1. The van der Waals surface area contributed by atoms with E-state index < -0.39 is 0 Å². The summed E-state index contributed by atoms with van der Waals surface area (Å²) in [4.78, 5) is 16.5. The molecule has 0 saturated carbocycles. The van der Waals surface area contributed by atoms with Gasteiger partial charge >= 0.3 is 0 Å². The minimum Gasteiger partial charge on any atom is -0.494 e. The molecule has 2 aromatic carbocycles. The number of rotatable bonds is 7. The molecule has 24 heavy (non-hydrogen) atoms. The summed E-state index contributed by atoms with van der Waals surface area (Å²) in [5, 5.41) is 3.54. The highest BCUT2D eigenvalue weighted by atomic mass is 32.1. The van der Waals surface area contributed by atoms with E-state index in [0.29, 0.717) is 18.2 Å². The van der Waals surface area contributed by atoms with Crippen LogP contribution in [0.3, 0.4) is 0 Å². The molecule has 0 unspecified atom stereocenters. The van der Waals surface area contributed by atoms with Gasteiger partial charge in [0, 0.05) is 6.42 Å². The van der Waals surface area contributed by atoms with Gasteiger partial charge in [-0.05, 0) is 43.5 Å². The lowest BCUT2D eigenvalue weighted by Crippen LogP contribution is -2.11. The first-order valence-electron chi connectivity index (χ1n) is 8.12. The van der Waals surface area contributed by atoms with Crippen molar-refractivity contribution in [3.63, 3.8) is 0 Å². The number of hydrogen-bond acceptors (Lipinski definition) is 4. The van der Waals surface area contributed by atoms with Crippen molar-refractivity contribution in [3.05, 3.63) is 54.1 Å². The summed E-state index contributed by atoms with van der Waals surface area (Å²) < 4.78 is 6.51. The third kappa shape index (κ3) is 4.32. The molecule has 0 aliphatic rings. The molecule has 0 aliphatic carbocycles. The maximum absolute atomic E-state index is 12.1. The van der Waals surface area contributed by atoms with E-state index in [1.165, 1.54) is 16.9 Å². The molecule has 0 aliphatic heterocycles. The van der Waals surface area contributed by atoms with Gasteiger partial charge in [-0.2, -0.15) is 0 Å². The van der Waals surface area contributed by atoms with Crippen molar-refractivity contribution in [1.82, 2.24) is 4.98 Å². The molecule has 0 atom stereocenters. The van der Waals surface area contributed by atoms with Crippen molar-refractivity contribution in [2.75, 3.05) is 11.9 Å². The van der Waals surface area contributed by atoms with E-state index in [9.17, 15) is 4.79 Å². The number of amides is 1. The van der Waals surface area contributed by atoms with Crippen LogP contribution in [-0.2, 0) is 11.2 Å². The maximum atomic E-state index is 12.1. The van der Waals surface area contributed by atoms with Crippen LogP contribution in [0.15, 0.2) is 48.5 Å². The number of carbonyl (C=O) groups is 1. The third-order valence-corrected chi connectivity index (χ3v) is 4.56. The summed E-state index contributed by atoms with van der Waals surface area (Å²) in [6, 6.07) is 16.0. The molecule has 1 heterocycles. The molecule has 0 fully saturated rings. The largest absolute Gasteiger partial charge is 0.494 e. The van der Waals surface area contributed by atoms with Crippen molar-refractivity contribution < 1.29 is 9.53 Å². The molecule has 0 saturated heterocycles. The molecule has 0 radical (unpaired) electrons. The quantitative estimate of drug-likeness (QED) is 0.681. The maximum Gasteiger partial charge on any atom is 0.226 e. The van der Waals surface area contributed by atoms with Crippen molar-refractivity contribution in [1.29, 1.82) is 0 Å². The molecule has 0 bridgehead atoms. The lowest BCUT2D eigenvalue weighted by molar-refractivity contribution is -0.116. The Morgan fingerprint density at radius 3 is 2.83 bits per heavy atom. The molecule has 124 valence electrons. The number of fused-ring (bicyclic) bond motifs is 1. The number of anilines is 1. The van der Waals surface area contributed by atoms with Crippen LogP contribution >= 0.6 is 11.3 Å². The van der Waals surface area contributed by atoms with Crippen LogP contribution in [0.1, 0.15) is 25.3 Å². The average Bonchev–Trinajstić information content (AvgIpc) is 2.97. The van der Waals surface area contributed by atoms with Crippen LogP contribution < -0.4 is 10.1 Å². The SMILES string of the molecule is CCOc1ccc2nc(NC(=O)CCCc3ccccc3)sc2c1. The molecule has 3 aromatic rings. The number of ether oxygens (including phenoxy) is 1. The monoisotopic (exact) mass is 340 g/mol. The van der Waals surface area contributed by atoms with Gasteiger partial charge in [0.05, 0.1) is 16.8 Å². The smallest absolute Gasteiger partial charge is 0.226 e. The second kappa shape index (κ2) is 7.93. The predicted molar refractivity (Wildman–Crippen MR) is 98.8 cm³/mol. The fourth-order valence-corrected chi connectivity index (χ4v) is 3.40. The van der Waals surface area contributed by atoms with Gasteiger partial charge in [0.25, 0.3) is 0 Å². The number of nitrogens with one attached hydrogen (secondary N) is 1. The average molecular weight is 340 g/mol. The highest BCUT2D eigenvalue weighted by Gasteiger charge is 2.09. The Kier molecular flexibility index (Phi) is 5.43. The van der Waals surface area contributed by atoms with Gasteiger partial charge in [-0.15, -0.1) is 0 Å². The first-order chi connectivity index (χ1) is 11.7. The van der Waals surface area contributed by atoms with Crippen molar-refractivity contribution in [2.24, 2.45) is 0 Å². The van der Waals surface area contributed by atoms with Gasteiger partial charge in [-0.3, -0.25) is 4.79 Å². The van der Waals surface area contributed by atoms with Gasteiger partial charge in [0.1, 0.15) is 5.75 Å². The molecule has 5 heteroatoms. The Bertz CT molecular complexity index is 815. The summed E-state index contributed by atoms with van der Waals surface area (Å²) in [7, 11) is 0. The molecular formula is C19H20N2O2S. The van der Waals surface area contributed by atoms with Crippen LogP contribution in [0.25, 0.3) is 10.2 Å². The van der Waals surface area contributed by atoms with Crippen molar-refractivity contribution in [2.45, 2.75) is 26.2 Å². The predicted octanol–water partition coefficient (Wildman–Crippen LogP) is 4.66. The van der Waals surface area contributed by atoms with Gasteiger partial charge < -0.3 is 10.1 Å². The standard InChI is InChI=1S/C19H20N2O2S/c1-2-23-15-11-12-16-17(13-15)24-19(20-16)21-18(22)10-6-9-14-7-4-3-5-8-14/h3-5,7-8,11-13H,2,6,9-10H2,1H3,(H,20,21,22). The minimum atomic E-state index is 0.00928. The van der Waals surface area contributed by atoms with Gasteiger partial charge in [0.15, 0.2) is 5.13 Å². The zero-order valence-electron chi connectivity index (χ0n) is 13.6. The minimum absolute atomic E-state index is 0.00928. The highest BCUT2D eigenvalue weighted by Crippen LogP contribution is 2.29. The van der Waals surface area contributed by atoms with Crippen LogP contribution in [0, 0.1) is 0 Å². The van der Waals surface area contributed by atoms with E-state index in [0.717, 1.165) is 28.8 Å². The molecule has 1 N–H and O–H groups in total. The Morgan fingerprint density at radius 2 is 2.04 bits per heavy atom. The molecular weight excluding hydrogens is 320 g/mol. The number of aromatic nitrogens is 1. The normalized spacial score (nSPS) is 10.7. The van der Waals surface area contributed by atoms with Gasteiger partial charge in [-0.1, -0.05) is 41.7 Å². The summed E-state index contributed by atoms with van der Waals surface area (Å²) >= 11 is 1.47. The third-order valence-electron chi connectivity index (χ3n) is 3.63. The lowest BCUT2D eigenvalue weighted by Gasteiger charge is -2.02. The first kappa shape index (κ1) is 16.5. The Hall–Kier alpha value is -2.40. The van der Waals surface area contributed by atoms with Crippen LogP contribution in [0.2, 0.25) is 0 Å².